The lowest BCUT2D eigenvalue weighted by Gasteiger charge is -2.16. The van der Waals surface area contributed by atoms with Crippen molar-refractivity contribution in [1.82, 2.24) is 9.78 Å². The van der Waals surface area contributed by atoms with Crippen LogP contribution in [0, 0.1) is 13.8 Å². The number of benzene rings is 1. The Hall–Kier alpha value is -2.17. The molecule has 0 amide bonds. The molecule has 0 saturated carbocycles. The van der Waals surface area contributed by atoms with Crippen molar-refractivity contribution in [2.45, 2.75) is 13.8 Å². The third kappa shape index (κ3) is 2.01. The number of ether oxygens (including phenoxy) is 2. The topological polar surface area (TPSA) is 62.3 Å². The largest absolute Gasteiger partial charge is 0.493 e. The first kappa shape index (κ1) is 13.3. The summed E-state index contributed by atoms with van der Waals surface area (Å²) < 4.78 is 12.4. The molecule has 2 aromatic rings. The second kappa shape index (κ2) is 4.84. The molecule has 5 heteroatoms. The molecule has 19 heavy (non-hydrogen) atoms. The third-order valence-corrected chi connectivity index (χ3v) is 3.51. The Bertz CT molecular complexity index is 618. The first-order chi connectivity index (χ1) is 9.01. The Morgan fingerprint density at radius 1 is 1.11 bits per heavy atom. The molecule has 0 saturated heterocycles. The molecule has 0 aliphatic rings. The molecule has 2 rings (SSSR count). The summed E-state index contributed by atoms with van der Waals surface area (Å²) in [7, 11) is 5.09. The van der Waals surface area contributed by atoms with Crippen molar-refractivity contribution < 1.29 is 9.47 Å². The molecule has 1 aromatic carbocycles. The van der Waals surface area contributed by atoms with E-state index in [9.17, 15) is 0 Å². The summed E-state index contributed by atoms with van der Waals surface area (Å²) >= 11 is 0. The normalized spacial score (nSPS) is 10.6. The Labute approximate surface area is 112 Å². The van der Waals surface area contributed by atoms with Crippen molar-refractivity contribution in [1.29, 1.82) is 0 Å². The highest BCUT2D eigenvalue weighted by molar-refractivity contribution is 5.79. The van der Waals surface area contributed by atoms with Gasteiger partial charge in [-0.05, 0) is 36.6 Å². The van der Waals surface area contributed by atoms with Crippen LogP contribution in [0.3, 0.4) is 0 Å². The van der Waals surface area contributed by atoms with Gasteiger partial charge < -0.3 is 15.2 Å². The van der Waals surface area contributed by atoms with Gasteiger partial charge in [-0.15, -0.1) is 0 Å². The zero-order valence-corrected chi connectivity index (χ0v) is 11.9. The zero-order chi connectivity index (χ0) is 14.2. The predicted molar refractivity (Wildman–Crippen MR) is 75.6 cm³/mol. The van der Waals surface area contributed by atoms with Crippen LogP contribution in [0.5, 0.6) is 11.5 Å². The van der Waals surface area contributed by atoms with Crippen LogP contribution < -0.4 is 15.2 Å². The average molecular weight is 261 g/mol. The summed E-state index contributed by atoms with van der Waals surface area (Å²) in [6, 6.07) is 1.94. The van der Waals surface area contributed by atoms with E-state index < -0.39 is 0 Å². The Balaban J connectivity index is 2.71. The van der Waals surface area contributed by atoms with Gasteiger partial charge in [0.2, 0.25) is 0 Å². The van der Waals surface area contributed by atoms with E-state index in [-0.39, 0.29) is 0 Å². The van der Waals surface area contributed by atoms with Gasteiger partial charge in [0.1, 0.15) is 5.82 Å². The van der Waals surface area contributed by atoms with Crippen LogP contribution >= 0.6 is 0 Å². The van der Waals surface area contributed by atoms with Crippen LogP contribution in [0.1, 0.15) is 11.1 Å². The van der Waals surface area contributed by atoms with E-state index in [4.69, 9.17) is 15.2 Å². The molecule has 0 spiro atoms. The SMILES string of the molecule is COc1cc(-c2cnn(C)c2N)c(C)c(C)c1OC. The summed E-state index contributed by atoms with van der Waals surface area (Å²) in [5, 5.41) is 4.18. The molecular formula is C14H19N3O2. The highest BCUT2D eigenvalue weighted by Gasteiger charge is 2.17. The Morgan fingerprint density at radius 3 is 2.26 bits per heavy atom. The predicted octanol–water partition coefficient (Wildman–Crippen LogP) is 2.30. The number of nitrogen functional groups attached to an aromatic ring is 1. The zero-order valence-electron chi connectivity index (χ0n) is 11.9. The second-order valence-electron chi connectivity index (χ2n) is 4.48. The lowest BCUT2D eigenvalue weighted by Crippen LogP contribution is -2.00. The molecule has 5 nitrogen and oxygen atoms in total. The third-order valence-electron chi connectivity index (χ3n) is 3.51. The van der Waals surface area contributed by atoms with Gasteiger partial charge in [-0.25, -0.2) is 0 Å². The minimum Gasteiger partial charge on any atom is -0.493 e. The Morgan fingerprint density at radius 2 is 1.79 bits per heavy atom. The van der Waals surface area contributed by atoms with Crippen LogP contribution in [-0.4, -0.2) is 24.0 Å². The molecule has 0 aliphatic heterocycles. The molecule has 0 radical (unpaired) electrons. The summed E-state index contributed by atoms with van der Waals surface area (Å²) in [6.07, 6.45) is 1.77. The van der Waals surface area contributed by atoms with Crippen molar-refractivity contribution in [3.8, 4) is 22.6 Å². The molecule has 0 bridgehead atoms. The quantitative estimate of drug-likeness (QED) is 0.921. The Kier molecular flexibility index (Phi) is 3.38. The van der Waals surface area contributed by atoms with E-state index in [0.717, 1.165) is 28.0 Å². The molecular weight excluding hydrogens is 242 g/mol. The van der Waals surface area contributed by atoms with E-state index in [1.54, 1.807) is 25.1 Å². The molecule has 0 atom stereocenters. The van der Waals surface area contributed by atoms with E-state index in [0.29, 0.717) is 11.6 Å². The molecule has 1 aromatic heterocycles. The first-order valence-corrected chi connectivity index (χ1v) is 6.01. The number of nitrogens with two attached hydrogens (primary N) is 1. The van der Waals surface area contributed by atoms with Gasteiger partial charge in [0.05, 0.1) is 20.4 Å². The van der Waals surface area contributed by atoms with Crippen molar-refractivity contribution in [2.75, 3.05) is 20.0 Å². The van der Waals surface area contributed by atoms with Gasteiger partial charge in [0.25, 0.3) is 0 Å². The maximum absolute atomic E-state index is 6.04. The highest BCUT2D eigenvalue weighted by atomic mass is 16.5. The van der Waals surface area contributed by atoms with Gasteiger partial charge in [0, 0.05) is 12.6 Å². The van der Waals surface area contributed by atoms with Crippen LogP contribution in [0.2, 0.25) is 0 Å². The van der Waals surface area contributed by atoms with Crippen molar-refractivity contribution in [2.24, 2.45) is 7.05 Å². The molecule has 102 valence electrons. The number of nitrogens with zero attached hydrogens (tertiary/aromatic N) is 2. The number of anilines is 1. The fraction of sp³-hybridized carbons (Fsp3) is 0.357. The standard InChI is InChI=1S/C14H19N3O2/c1-8-9(2)13(19-5)12(18-4)6-10(8)11-7-16-17(3)14(11)15/h6-7H,15H2,1-5H3. The van der Waals surface area contributed by atoms with Crippen molar-refractivity contribution in [3.05, 3.63) is 23.4 Å². The van der Waals surface area contributed by atoms with Crippen LogP contribution in [0.15, 0.2) is 12.3 Å². The average Bonchev–Trinajstić information content (AvgIpc) is 2.73. The van der Waals surface area contributed by atoms with E-state index in [2.05, 4.69) is 5.10 Å². The maximum Gasteiger partial charge on any atom is 0.163 e. The summed E-state index contributed by atoms with van der Waals surface area (Å²) in [5.41, 5.74) is 10.1. The first-order valence-electron chi connectivity index (χ1n) is 6.01. The highest BCUT2D eigenvalue weighted by Crippen LogP contribution is 2.40. The van der Waals surface area contributed by atoms with Gasteiger partial charge >= 0.3 is 0 Å². The second-order valence-corrected chi connectivity index (χ2v) is 4.48. The number of aromatic nitrogens is 2. The lowest BCUT2D eigenvalue weighted by atomic mass is 9.97. The number of hydrogen-bond acceptors (Lipinski definition) is 4. The minimum atomic E-state index is 0.634. The van der Waals surface area contributed by atoms with Crippen molar-refractivity contribution >= 4 is 5.82 Å². The summed E-state index contributed by atoms with van der Waals surface area (Å²) in [6.45, 7) is 4.05. The molecule has 2 N–H and O–H groups in total. The van der Waals surface area contributed by atoms with E-state index in [1.807, 2.05) is 27.0 Å². The molecule has 1 heterocycles. The lowest BCUT2D eigenvalue weighted by molar-refractivity contribution is 0.353. The van der Waals surface area contributed by atoms with Crippen LogP contribution in [0.4, 0.5) is 5.82 Å². The van der Waals surface area contributed by atoms with Gasteiger partial charge in [-0.3, -0.25) is 4.68 Å². The number of rotatable bonds is 3. The number of aryl methyl sites for hydroxylation is 1. The molecule has 0 aliphatic carbocycles. The van der Waals surface area contributed by atoms with E-state index in [1.165, 1.54) is 0 Å². The number of methoxy groups -OCH3 is 2. The summed E-state index contributed by atoms with van der Waals surface area (Å²) in [5.74, 6) is 2.09. The van der Waals surface area contributed by atoms with E-state index >= 15 is 0 Å². The van der Waals surface area contributed by atoms with Crippen LogP contribution in [0.25, 0.3) is 11.1 Å². The minimum absolute atomic E-state index is 0.634. The molecule has 0 fully saturated rings. The summed E-state index contributed by atoms with van der Waals surface area (Å²) in [4.78, 5) is 0. The fourth-order valence-corrected chi connectivity index (χ4v) is 2.20. The fourth-order valence-electron chi connectivity index (χ4n) is 2.20. The van der Waals surface area contributed by atoms with Crippen molar-refractivity contribution in [3.63, 3.8) is 0 Å². The molecule has 0 unspecified atom stereocenters. The smallest absolute Gasteiger partial charge is 0.163 e. The van der Waals surface area contributed by atoms with Gasteiger partial charge in [0.15, 0.2) is 11.5 Å². The maximum atomic E-state index is 6.04. The van der Waals surface area contributed by atoms with Crippen LogP contribution in [-0.2, 0) is 7.05 Å². The van der Waals surface area contributed by atoms with Gasteiger partial charge in [-0.2, -0.15) is 5.10 Å². The number of hydrogen-bond donors (Lipinski definition) is 1. The van der Waals surface area contributed by atoms with Gasteiger partial charge in [-0.1, -0.05) is 0 Å². The monoisotopic (exact) mass is 261 g/mol.